The van der Waals surface area contributed by atoms with Gasteiger partial charge in [-0.15, -0.1) is 0 Å². The Labute approximate surface area is 240 Å². The van der Waals surface area contributed by atoms with Crippen LogP contribution in [-0.4, -0.2) is 69.0 Å². The molecule has 0 saturated heterocycles. The predicted molar refractivity (Wildman–Crippen MR) is 164 cm³/mol. The lowest BCUT2D eigenvalue weighted by atomic mass is 9.85. The van der Waals surface area contributed by atoms with Crippen molar-refractivity contribution in [2.24, 2.45) is 13.0 Å². The zero-order chi connectivity index (χ0) is 28.8. The molecule has 3 aromatic heterocycles. The minimum atomic E-state index is -0.114. The number of unbranched alkanes of at least 4 members (excludes halogenated alkanes) is 1. The Morgan fingerprint density at radius 3 is 2.80 bits per heavy atom. The standard InChI is InChI=1S/C32H40N6O3/c1-19(2)16-38-26-11-8-20(41-18-27(39)33-12-6-7-13-36(3)4)14-22(26)29-23-15-34-32(40)30(23)28-21(31(29)38)9-10-25-24(28)17-37(5)35-25/h8,11,14-15,17,19,34,40H,6-7,9-10,12-13,16,18H2,1-5H3,(H,33,39). The number of H-pyrrole nitrogens is 1. The summed E-state index contributed by atoms with van der Waals surface area (Å²) in [6.45, 7) is 6.97. The third-order valence-corrected chi connectivity index (χ3v) is 8.06. The first-order valence-electron chi connectivity index (χ1n) is 14.6. The van der Waals surface area contributed by atoms with E-state index >= 15 is 0 Å². The number of hydrogen-bond donors (Lipinski definition) is 3. The first-order chi connectivity index (χ1) is 19.7. The molecule has 9 nitrogen and oxygen atoms in total. The van der Waals surface area contributed by atoms with Crippen LogP contribution >= 0.6 is 0 Å². The van der Waals surface area contributed by atoms with Gasteiger partial charge < -0.3 is 29.6 Å². The van der Waals surface area contributed by atoms with E-state index in [9.17, 15) is 9.90 Å². The Morgan fingerprint density at radius 2 is 2.02 bits per heavy atom. The van der Waals surface area contributed by atoms with E-state index in [0.717, 1.165) is 82.7 Å². The molecule has 6 rings (SSSR count). The Hall–Kier alpha value is -3.98. The van der Waals surface area contributed by atoms with Crippen LogP contribution < -0.4 is 10.1 Å². The third-order valence-electron chi connectivity index (χ3n) is 8.06. The van der Waals surface area contributed by atoms with Gasteiger partial charge in [0.1, 0.15) is 5.75 Å². The Morgan fingerprint density at radius 1 is 1.20 bits per heavy atom. The second-order valence-corrected chi connectivity index (χ2v) is 12.0. The molecule has 3 N–H and O–H groups in total. The zero-order valence-corrected chi connectivity index (χ0v) is 24.7. The number of carbonyl (C=O) groups excluding carboxylic acids is 1. The molecule has 0 saturated carbocycles. The number of carbonyl (C=O) groups is 1. The fourth-order valence-corrected chi connectivity index (χ4v) is 6.39. The van der Waals surface area contributed by atoms with E-state index < -0.39 is 0 Å². The minimum absolute atomic E-state index is 0.0244. The topological polar surface area (TPSA) is 100 Å². The molecule has 0 aliphatic heterocycles. The summed E-state index contributed by atoms with van der Waals surface area (Å²) in [4.78, 5) is 17.7. The van der Waals surface area contributed by atoms with Gasteiger partial charge in [0.05, 0.1) is 16.6 Å². The van der Waals surface area contributed by atoms with Crippen LogP contribution in [0.15, 0.2) is 30.6 Å². The summed E-state index contributed by atoms with van der Waals surface area (Å²) in [5.74, 6) is 1.16. The quantitative estimate of drug-likeness (QED) is 0.211. The van der Waals surface area contributed by atoms with E-state index in [2.05, 4.69) is 60.0 Å². The van der Waals surface area contributed by atoms with E-state index in [1.807, 2.05) is 30.1 Å². The molecular weight excluding hydrogens is 516 g/mol. The third kappa shape index (κ3) is 4.92. The van der Waals surface area contributed by atoms with Crippen LogP contribution in [0.25, 0.3) is 43.7 Å². The maximum atomic E-state index is 12.5. The maximum Gasteiger partial charge on any atom is 0.257 e. The number of nitrogens with zero attached hydrogens (tertiary/aromatic N) is 4. The van der Waals surface area contributed by atoms with Crippen molar-refractivity contribution in [3.63, 3.8) is 0 Å². The number of nitrogens with one attached hydrogen (secondary N) is 2. The number of rotatable bonds is 10. The monoisotopic (exact) mass is 556 g/mol. The van der Waals surface area contributed by atoms with E-state index in [1.54, 1.807) is 0 Å². The van der Waals surface area contributed by atoms with Crippen LogP contribution in [0, 0.1) is 5.92 Å². The van der Waals surface area contributed by atoms with Crippen molar-refractivity contribution in [1.82, 2.24) is 29.5 Å². The van der Waals surface area contributed by atoms with Gasteiger partial charge in [0.25, 0.3) is 5.91 Å². The second kappa shape index (κ2) is 10.8. The van der Waals surface area contributed by atoms with Gasteiger partial charge in [-0.25, -0.2) is 0 Å². The lowest BCUT2D eigenvalue weighted by molar-refractivity contribution is -0.123. The van der Waals surface area contributed by atoms with Gasteiger partial charge in [-0.2, -0.15) is 5.10 Å². The van der Waals surface area contributed by atoms with E-state index in [0.29, 0.717) is 18.2 Å². The molecule has 216 valence electrons. The molecule has 0 radical (unpaired) electrons. The molecule has 5 aromatic rings. The van der Waals surface area contributed by atoms with Crippen molar-refractivity contribution < 1.29 is 14.6 Å². The van der Waals surface area contributed by atoms with Crippen LogP contribution in [0.4, 0.5) is 0 Å². The van der Waals surface area contributed by atoms with Crippen molar-refractivity contribution in [3.8, 4) is 22.8 Å². The molecule has 1 aliphatic rings. The van der Waals surface area contributed by atoms with Gasteiger partial charge in [-0.1, -0.05) is 13.8 Å². The fraction of sp³-hybridized carbons (Fsp3) is 0.438. The van der Waals surface area contributed by atoms with Crippen molar-refractivity contribution in [3.05, 3.63) is 41.9 Å². The molecule has 0 unspecified atom stereocenters. The lowest BCUT2D eigenvalue weighted by Crippen LogP contribution is -2.30. The summed E-state index contributed by atoms with van der Waals surface area (Å²) in [7, 11) is 6.06. The van der Waals surface area contributed by atoms with Gasteiger partial charge in [0.15, 0.2) is 12.5 Å². The number of aromatic amines is 1. The number of aryl methyl sites for hydroxylation is 3. The number of aromatic hydroxyl groups is 1. The first kappa shape index (κ1) is 27.2. The second-order valence-electron chi connectivity index (χ2n) is 12.0. The van der Waals surface area contributed by atoms with Gasteiger partial charge in [-0.05, 0) is 76.0 Å². The summed E-state index contributed by atoms with van der Waals surface area (Å²) in [5.41, 5.74) is 6.81. The summed E-state index contributed by atoms with van der Waals surface area (Å²) in [5, 5.41) is 22.7. The van der Waals surface area contributed by atoms with E-state index in [1.165, 1.54) is 11.1 Å². The summed E-state index contributed by atoms with van der Waals surface area (Å²) in [6.07, 6.45) is 7.67. The van der Waals surface area contributed by atoms with Gasteiger partial charge in [0.2, 0.25) is 0 Å². The highest BCUT2D eigenvalue weighted by Gasteiger charge is 2.30. The summed E-state index contributed by atoms with van der Waals surface area (Å²) in [6, 6.07) is 6.11. The minimum Gasteiger partial charge on any atom is -0.494 e. The van der Waals surface area contributed by atoms with Gasteiger partial charge >= 0.3 is 0 Å². The Kier molecular flexibility index (Phi) is 7.15. The van der Waals surface area contributed by atoms with Crippen LogP contribution in [0.2, 0.25) is 0 Å². The number of hydrogen-bond acceptors (Lipinski definition) is 5. The molecule has 1 amide bonds. The SMILES string of the molecule is CC(C)Cn1c2ccc(OCC(=O)NCCCCN(C)C)cc2c2c3c[nH]c(O)c3c3c(c21)CCc1nn(C)cc1-3. The van der Waals surface area contributed by atoms with Crippen LogP contribution in [0.5, 0.6) is 11.6 Å². The van der Waals surface area contributed by atoms with Crippen molar-refractivity contribution in [2.75, 3.05) is 33.8 Å². The molecule has 9 heteroatoms. The molecule has 2 aromatic carbocycles. The van der Waals surface area contributed by atoms with Crippen molar-refractivity contribution in [1.29, 1.82) is 0 Å². The fourth-order valence-electron chi connectivity index (χ4n) is 6.39. The first-order valence-corrected chi connectivity index (χ1v) is 14.6. The van der Waals surface area contributed by atoms with Gasteiger partial charge in [0, 0.05) is 65.3 Å². The highest BCUT2D eigenvalue weighted by molar-refractivity contribution is 6.26. The largest absolute Gasteiger partial charge is 0.494 e. The molecule has 0 bridgehead atoms. The number of aromatic nitrogens is 4. The highest BCUT2D eigenvalue weighted by Crippen LogP contribution is 2.49. The highest BCUT2D eigenvalue weighted by atomic mass is 16.5. The average Bonchev–Trinajstić information content (AvgIpc) is 3.59. The number of benzene rings is 2. The molecule has 0 fully saturated rings. The average molecular weight is 557 g/mol. The van der Waals surface area contributed by atoms with Crippen molar-refractivity contribution in [2.45, 2.75) is 46.1 Å². The molecule has 3 heterocycles. The van der Waals surface area contributed by atoms with E-state index in [-0.39, 0.29) is 18.4 Å². The summed E-state index contributed by atoms with van der Waals surface area (Å²) < 4.78 is 10.3. The normalized spacial score (nSPS) is 13.0. The van der Waals surface area contributed by atoms with Crippen LogP contribution in [0.1, 0.15) is 37.9 Å². The number of fused-ring (bicyclic) bond motifs is 10. The van der Waals surface area contributed by atoms with Gasteiger partial charge in [-0.3, -0.25) is 9.48 Å². The van der Waals surface area contributed by atoms with E-state index in [4.69, 9.17) is 9.84 Å². The smallest absolute Gasteiger partial charge is 0.257 e. The molecular formula is C32H40N6O3. The summed E-state index contributed by atoms with van der Waals surface area (Å²) >= 11 is 0. The molecule has 1 aliphatic carbocycles. The number of amides is 1. The maximum absolute atomic E-state index is 12.5. The van der Waals surface area contributed by atoms with Crippen molar-refractivity contribution >= 4 is 38.5 Å². The lowest BCUT2D eigenvalue weighted by Gasteiger charge is -2.21. The molecule has 0 spiro atoms. The molecule has 41 heavy (non-hydrogen) atoms. The number of ether oxygens (including phenoxy) is 1. The van der Waals surface area contributed by atoms with Crippen LogP contribution in [-0.2, 0) is 31.2 Å². The Balaban J connectivity index is 1.42. The Bertz CT molecular complexity index is 1760. The predicted octanol–water partition coefficient (Wildman–Crippen LogP) is 4.97. The van der Waals surface area contributed by atoms with Crippen LogP contribution in [0.3, 0.4) is 0 Å². The molecule has 0 atom stereocenters. The zero-order valence-electron chi connectivity index (χ0n) is 24.7.